The van der Waals surface area contributed by atoms with Crippen LogP contribution in [-0.4, -0.2) is 43.2 Å². The smallest absolute Gasteiger partial charge is 0.244 e. The van der Waals surface area contributed by atoms with E-state index in [2.05, 4.69) is 34.6 Å². The Balaban J connectivity index is 1.31. The molecule has 0 radical (unpaired) electrons. The van der Waals surface area contributed by atoms with Crippen molar-refractivity contribution < 1.29 is 13.2 Å². The maximum Gasteiger partial charge on any atom is 0.244 e. The van der Waals surface area contributed by atoms with Crippen molar-refractivity contribution in [3.8, 4) is 0 Å². The van der Waals surface area contributed by atoms with Gasteiger partial charge in [-0.25, -0.2) is 8.42 Å². The molecule has 2 aliphatic rings. The van der Waals surface area contributed by atoms with Gasteiger partial charge in [0.2, 0.25) is 15.9 Å². The normalized spacial score (nSPS) is 20.8. The van der Waals surface area contributed by atoms with E-state index in [0.717, 1.165) is 19.3 Å². The number of pyridine rings is 1. The lowest BCUT2D eigenvalue weighted by Crippen LogP contribution is -2.43. The zero-order chi connectivity index (χ0) is 20.3. The van der Waals surface area contributed by atoms with Gasteiger partial charge < -0.3 is 5.32 Å². The van der Waals surface area contributed by atoms with Crippen molar-refractivity contribution in [2.24, 2.45) is 5.92 Å². The second kappa shape index (κ2) is 8.63. The fourth-order valence-corrected chi connectivity index (χ4v) is 5.88. The lowest BCUT2D eigenvalue weighted by atomic mass is 9.82. The van der Waals surface area contributed by atoms with E-state index < -0.39 is 10.0 Å². The van der Waals surface area contributed by atoms with Crippen molar-refractivity contribution in [2.75, 3.05) is 19.6 Å². The summed E-state index contributed by atoms with van der Waals surface area (Å²) in [5.41, 5.74) is 2.75. The van der Waals surface area contributed by atoms with E-state index in [4.69, 9.17) is 0 Å². The van der Waals surface area contributed by atoms with E-state index in [9.17, 15) is 13.2 Å². The molecule has 7 heteroatoms. The van der Waals surface area contributed by atoms with E-state index in [1.54, 1.807) is 18.3 Å². The highest BCUT2D eigenvalue weighted by Crippen LogP contribution is 2.31. The van der Waals surface area contributed by atoms with E-state index in [-0.39, 0.29) is 16.7 Å². The van der Waals surface area contributed by atoms with Gasteiger partial charge in [-0.05, 0) is 55.4 Å². The van der Waals surface area contributed by atoms with Gasteiger partial charge >= 0.3 is 0 Å². The molecule has 1 N–H and O–H groups in total. The number of amides is 1. The zero-order valence-electron chi connectivity index (χ0n) is 16.5. The number of aryl methyl sites for hydroxylation is 1. The number of aromatic nitrogens is 1. The number of nitrogens with one attached hydrogen (secondary N) is 1. The molecule has 1 aliphatic carbocycles. The minimum atomic E-state index is -3.53. The molecule has 1 fully saturated rings. The molecule has 1 aromatic carbocycles. The second-order valence-electron chi connectivity index (χ2n) is 7.90. The van der Waals surface area contributed by atoms with Crippen LogP contribution in [0.2, 0.25) is 0 Å². The average Bonchev–Trinajstić information content (AvgIpc) is 2.78. The lowest BCUT2D eigenvalue weighted by molar-refractivity contribution is -0.126. The molecule has 29 heavy (non-hydrogen) atoms. The first-order valence-corrected chi connectivity index (χ1v) is 11.8. The Kier molecular flexibility index (Phi) is 5.96. The van der Waals surface area contributed by atoms with Crippen LogP contribution in [0.5, 0.6) is 0 Å². The molecule has 0 saturated carbocycles. The van der Waals surface area contributed by atoms with Crippen molar-refractivity contribution in [3.63, 3.8) is 0 Å². The number of benzene rings is 1. The van der Waals surface area contributed by atoms with E-state index in [0.29, 0.717) is 38.4 Å². The van der Waals surface area contributed by atoms with E-state index >= 15 is 0 Å². The fraction of sp³-hybridized carbons (Fsp3) is 0.455. The lowest BCUT2D eigenvalue weighted by Gasteiger charge is -2.31. The van der Waals surface area contributed by atoms with Gasteiger partial charge in [-0.3, -0.25) is 9.78 Å². The number of rotatable bonds is 5. The molecule has 6 nitrogen and oxygen atoms in total. The molecule has 1 atom stereocenters. The van der Waals surface area contributed by atoms with Crippen LogP contribution in [0.4, 0.5) is 0 Å². The first kappa shape index (κ1) is 20.0. The summed E-state index contributed by atoms with van der Waals surface area (Å²) in [7, 11) is -3.53. The topological polar surface area (TPSA) is 79.4 Å². The molecule has 1 unspecified atom stereocenters. The van der Waals surface area contributed by atoms with Gasteiger partial charge in [-0.1, -0.05) is 24.3 Å². The summed E-state index contributed by atoms with van der Waals surface area (Å²) in [4.78, 5) is 16.8. The summed E-state index contributed by atoms with van der Waals surface area (Å²) in [6.45, 7) is 1.38. The van der Waals surface area contributed by atoms with Gasteiger partial charge in [-0.15, -0.1) is 0 Å². The summed E-state index contributed by atoms with van der Waals surface area (Å²) in [5, 5.41) is 3.13. The molecular formula is C22H27N3O3S. The van der Waals surface area contributed by atoms with Crippen molar-refractivity contribution in [2.45, 2.75) is 42.9 Å². The number of hydrogen-bond acceptors (Lipinski definition) is 4. The van der Waals surface area contributed by atoms with Gasteiger partial charge in [-0.2, -0.15) is 4.31 Å². The summed E-state index contributed by atoms with van der Waals surface area (Å²) in [5.74, 6) is 0.288. The minimum Gasteiger partial charge on any atom is -0.355 e. The molecule has 1 aromatic heterocycles. The maximum atomic E-state index is 12.7. The highest BCUT2D eigenvalue weighted by atomic mass is 32.2. The largest absolute Gasteiger partial charge is 0.355 e. The Morgan fingerprint density at radius 3 is 2.66 bits per heavy atom. The van der Waals surface area contributed by atoms with Crippen molar-refractivity contribution in [1.82, 2.24) is 14.6 Å². The second-order valence-corrected chi connectivity index (χ2v) is 9.84. The van der Waals surface area contributed by atoms with Crippen molar-refractivity contribution in [3.05, 3.63) is 59.9 Å². The van der Waals surface area contributed by atoms with E-state index in [1.165, 1.54) is 21.6 Å². The van der Waals surface area contributed by atoms with Crippen LogP contribution in [0.3, 0.4) is 0 Å². The monoisotopic (exact) mass is 413 g/mol. The molecule has 2 aromatic rings. The van der Waals surface area contributed by atoms with Crippen LogP contribution in [0.1, 0.15) is 42.7 Å². The van der Waals surface area contributed by atoms with Crippen LogP contribution in [0.25, 0.3) is 0 Å². The van der Waals surface area contributed by atoms with Crippen LogP contribution >= 0.6 is 0 Å². The Labute approximate surface area is 172 Å². The predicted molar refractivity (Wildman–Crippen MR) is 111 cm³/mol. The van der Waals surface area contributed by atoms with Crippen LogP contribution in [-0.2, 0) is 21.2 Å². The Hall–Kier alpha value is -2.25. The van der Waals surface area contributed by atoms with Crippen LogP contribution in [0, 0.1) is 5.92 Å². The number of carbonyl (C=O) groups excluding carboxylic acids is 1. The third-order valence-corrected chi connectivity index (χ3v) is 8.00. The molecular weight excluding hydrogens is 386 g/mol. The first-order chi connectivity index (χ1) is 14.1. The molecule has 1 amide bonds. The van der Waals surface area contributed by atoms with Crippen molar-refractivity contribution in [1.29, 1.82) is 0 Å². The molecule has 0 spiro atoms. The van der Waals surface area contributed by atoms with Gasteiger partial charge in [0.25, 0.3) is 0 Å². The quantitative estimate of drug-likeness (QED) is 0.817. The van der Waals surface area contributed by atoms with Gasteiger partial charge in [0.15, 0.2) is 0 Å². The maximum absolute atomic E-state index is 12.7. The summed E-state index contributed by atoms with van der Waals surface area (Å²) in [6, 6.07) is 11.7. The molecule has 2 heterocycles. The minimum absolute atomic E-state index is 0.0477. The zero-order valence-corrected chi connectivity index (χ0v) is 17.3. The molecule has 4 rings (SSSR count). The number of fused-ring (bicyclic) bond motifs is 1. The van der Waals surface area contributed by atoms with Crippen LogP contribution < -0.4 is 5.32 Å². The predicted octanol–water partition coefficient (Wildman–Crippen LogP) is 2.72. The number of piperidine rings is 1. The summed E-state index contributed by atoms with van der Waals surface area (Å²) >= 11 is 0. The van der Waals surface area contributed by atoms with Gasteiger partial charge in [0, 0.05) is 43.9 Å². The third kappa shape index (κ3) is 4.36. The molecule has 1 aliphatic heterocycles. The number of nitrogens with zero attached hydrogens (tertiary/aromatic N) is 2. The number of sulfonamides is 1. The number of carbonyl (C=O) groups is 1. The third-order valence-electron chi connectivity index (χ3n) is 6.11. The highest BCUT2D eigenvalue weighted by molar-refractivity contribution is 7.89. The summed E-state index contributed by atoms with van der Waals surface area (Å²) in [6.07, 6.45) is 7.39. The first-order valence-electron chi connectivity index (χ1n) is 10.3. The fourth-order valence-electron chi connectivity index (χ4n) is 4.44. The SMILES string of the molecule is O=C(NCC1CCCc2ccccc21)C1CCN(S(=O)(=O)c2cccnc2)CC1. The standard InChI is InChI=1S/C22H27N3O3S/c26-22(24-15-19-7-3-6-17-5-1-2-9-21(17)19)18-10-13-25(14-11-18)29(27,28)20-8-4-12-23-16-20/h1-2,4-5,8-9,12,16,18-19H,3,6-7,10-11,13-15H2,(H,24,26). The Bertz CT molecular complexity index is 954. The molecule has 154 valence electrons. The van der Waals surface area contributed by atoms with Gasteiger partial charge in [0.1, 0.15) is 4.90 Å². The van der Waals surface area contributed by atoms with Gasteiger partial charge in [0.05, 0.1) is 0 Å². The Morgan fingerprint density at radius 2 is 1.90 bits per heavy atom. The number of hydrogen-bond donors (Lipinski definition) is 1. The highest BCUT2D eigenvalue weighted by Gasteiger charge is 2.32. The average molecular weight is 414 g/mol. The van der Waals surface area contributed by atoms with E-state index in [1.807, 2.05) is 0 Å². The van der Waals surface area contributed by atoms with Crippen LogP contribution in [0.15, 0.2) is 53.7 Å². The molecule has 0 bridgehead atoms. The van der Waals surface area contributed by atoms with Crippen molar-refractivity contribution >= 4 is 15.9 Å². The Morgan fingerprint density at radius 1 is 1.10 bits per heavy atom. The molecule has 1 saturated heterocycles. The summed E-state index contributed by atoms with van der Waals surface area (Å²) < 4.78 is 26.9.